The molecule has 0 aliphatic rings. The van der Waals surface area contributed by atoms with Crippen molar-refractivity contribution in [2.75, 3.05) is 6.61 Å². The van der Waals surface area contributed by atoms with E-state index < -0.39 is 0 Å². The Bertz CT molecular complexity index is 890. The number of aromatic nitrogens is 1. The Morgan fingerprint density at radius 2 is 1.88 bits per heavy atom. The molecule has 4 heteroatoms. The van der Waals surface area contributed by atoms with Crippen molar-refractivity contribution in [3.63, 3.8) is 0 Å². The number of para-hydroxylation sites is 2. The molecule has 0 saturated carbocycles. The number of aryl methyl sites for hydroxylation is 1. The van der Waals surface area contributed by atoms with Crippen LogP contribution < -0.4 is 9.47 Å². The summed E-state index contributed by atoms with van der Waals surface area (Å²) < 4.78 is 12.0. The Hall–Kier alpha value is -2.93. The Balaban J connectivity index is 1.95. The minimum atomic E-state index is 0.521. The third-order valence-electron chi connectivity index (χ3n) is 3.79. The molecular weight excluding hydrogens is 300 g/mol. The molecule has 3 aromatic rings. The van der Waals surface area contributed by atoms with Crippen LogP contribution in [0.3, 0.4) is 0 Å². The van der Waals surface area contributed by atoms with E-state index >= 15 is 0 Å². The lowest BCUT2D eigenvalue weighted by Gasteiger charge is -2.13. The van der Waals surface area contributed by atoms with E-state index in [0.29, 0.717) is 23.8 Å². The Morgan fingerprint density at radius 3 is 2.62 bits per heavy atom. The van der Waals surface area contributed by atoms with Crippen molar-refractivity contribution in [3.8, 4) is 23.3 Å². The van der Waals surface area contributed by atoms with Gasteiger partial charge in [-0.15, -0.1) is 0 Å². The minimum absolute atomic E-state index is 0.521. The second kappa shape index (κ2) is 7.10. The average Bonchev–Trinajstić information content (AvgIpc) is 3.00. The molecule has 0 saturated heterocycles. The van der Waals surface area contributed by atoms with Gasteiger partial charge in [-0.1, -0.05) is 25.5 Å². The van der Waals surface area contributed by atoms with Gasteiger partial charge in [-0.3, -0.25) is 0 Å². The Labute approximate surface area is 141 Å². The molecule has 0 aliphatic carbocycles. The van der Waals surface area contributed by atoms with Crippen molar-refractivity contribution >= 4 is 10.9 Å². The highest BCUT2D eigenvalue weighted by Gasteiger charge is 2.11. The number of H-pyrrole nitrogens is 1. The summed E-state index contributed by atoms with van der Waals surface area (Å²) in [6, 6.07) is 15.6. The first-order valence-corrected chi connectivity index (χ1v) is 8.14. The molecule has 4 nitrogen and oxygen atoms in total. The fourth-order valence-electron chi connectivity index (χ4n) is 2.59. The van der Waals surface area contributed by atoms with E-state index in [-0.39, 0.29) is 0 Å². The summed E-state index contributed by atoms with van der Waals surface area (Å²) in [7, 11) is 0. The normalized spacial score (nSPS) is 10.5. The van der Waals surface area contributed by atoms with Crippen molar-refractivity contribution in [1.29, 1.82) is 5.26 Å². The number of aromatic amines is 1. The number of nitrogens with zero attached hydrogens (tertiary/aromatic N) is 1. The zero-order valence-corrected chi connectivity index (χ0v) is 13.9. The molecular formula is C20H20N2O2. The predicted octanol–water partition coefficient (Wildman–Crippen LogP) is 5.32. The quantitative estimate of drug-likeness (QED) is 0.625. The molecule has 0 unspecified atom stereocenters. The minimum Gasteiger partial charge on any atom is -0.490 e. The van der Waals surface area contributed by atoms with E-state index in [9.17, 15) is 0 Å². The number of hydrogen-bond donors (Lipinski definition) is 1. The lowest BCUT2D eigenvalue weighted by atomic mass is 10.1. The van der Waals surface area contributed by atoms with Gasteiger partial charge in [0, 0.05) is 5.39 Å². The molecule has 0 radical (unpaired) electrons. The third kappa shape index (κ3) is 3.36. The molecule has 24 heavy (non-hydrogen) atoms. The maximum absolute atomic E-state index is 9.11. The van der Waals surface area contributed by atoms with Crippen molar-refractivity contribution in [3.05, 3.63) is 53.7 Å². The van der Waals surface area contributed by atoms with Crippen molar-refractivity contribution in [1.82, 2.24) is 4.98 Å². The van der Waals surface area contributed by atoms with E-state index in [1.54, 1.807) is 0 Å². The van der Waals surface area contributed by atoms with Crippen LogP contribution in [0.15, 0.2) is 42.5 Å². The van der Waals surface area contributed by atoms with E-state index in [0.717, 1.165) is 35.1 Å². The maximum atomic E-state index is 9.11. The summed E-state index contributed by atoms with van der Waals surface area (Å²) in [6.07, 6.45) is 2.09. The topological polar surface area (TPSA) is 58.0 Å². The maximum Gasteiger partial charge on any atom is 0.169 e. The number of benzene rings is 2. The standard InChI is InChI=1S/C20H20N2O2/c1-3-4-9-23-18-7-5-6-8-19(18)24-20-11-14(2)10-17-16(20)12-15(13-21)22-17/h5-8,10-12,22H,3-4,9H2,1-2H3. The van der Waals surface area contributed by atoms with Crippen LogP contribution in [0, 0.1) is 18.3 Å². The molecule has 0 atom stereocenters. The lowest BCUT2D eigenvalue weighted by Crippen LogP contribution is -1.98. The Kier molecular flexibility index (Phi) is 4.72. The molecule has 2 aromatic carbocycles. The van der Waals surface area contributed by atoms with E-state index in [1.165, 1.54) is 0 Å². The molecule has 3 rings (SSSR count). The van der Waals surface area contributed by atoms with Gasteiger partial charge in [0.25, 0.3) is 0 Å². The van der Waals surface area contributed by atoms with Gasteiger partial charge in [0.15, 0.2) is 11.5 Å². The molecule has 0 fully saturated rings. The van der Waals surface area contributed by atoms with Gasteiger partial charge >= 0.3 is 0 Å². The molecule has 0 spiro atoms. The van der Waals surface area contributed by atoms with Gasteiger partial charge < -0.3 is 14.5 Å². The highest BCUT2D eigenvalue weighted by Crippen LogP contribution is 2.36. The first-order valence-electron chi connectivity index (χ1n) is 8.14. The second-order valence-electron chi connectivity index (χ2n) is 5.77. The van der Waals surface area contributed by atoms with E-state index in [1.807, 2.05) is 49.4 Å². The van der Waals surface area contributed by atoms with E-state index in [4.69, 9.17) is 14.7 Å². The summed E-state index contributed by atoms with van der Waals surface area (Å²) in [6.45, 7) is 4.81. The fourth-order valence-corrected chi connectivity index (χ4v) is 2.59. The first-order chi connectivity index (χ1) is 11.7. The molecule has 1 heterocycles. The van der Waals surface area contributed by atoms with Gasteiger partial charge in [-0.25, -0.2) is 0 Å². The summed E-state index contributed by atoms with van der Waals surface area (Å²) in [5.41, 5.74) is 2.48. The van der Waals surface area contributed by atoms with Crippen LogP contribution in [0.25, 0.3) is 10.9 Å². The zero-order chi connectivity index (χ0) is 16.9. The largest absolute Gasteiger partial charge is 0.490 e. The van der Waals surface area contributed by atoms with E-state index in [2.05, 4.69) is 18.0 Å². The molecule has 1 N–H and O–H groups in total. The predicted molar refractivity (Wildman–Crippen MR) is 94.7 cm³/mol. The van der Waals surface area contributed by atoms with Crippen LogP contribution in [0.1, 0.15) is 31.0 Å². The van der Waals surface area contributed by atoms with Gasteiger partial charge in [-0.05, 0) is 49.2 Å². The average molecular weight is 320 g/mol. The highest BCUT2D eigenvalue weighted by atomic mass is 16.5. The number of hydrogen-bond acceptors (Lipinski definition) is 3. The van der Waals surface area contributed by atoms with Crippen molar-refractivity contribution < 1.29 is 9.47 Å². The zero-order valence-electron chi connectivity index (χ0n) is 13.9. The number of rotatable bonds is 6. The Morgan fingerprint density at radius 1 is 1.08 bits per heavy atom. The molecule has 122 valence electrons. The number of nitrogens with one attached hydrogen (secondary N) is 1. The smallest absolute Gasteiger partial charge is 0.169 e. The van der Waals surface area contributed by atoms with Crippen molar-refractivity contribution in [2.24, 2.45) is 0 Å². The monoisotopic (exact) mass is 320 g/mol. The van der Waals surface area contributed by atoms with Crippen molar-refractivity contribution in [2.45, 2.75) is 26.7 Å². The van der Waals surface area contributed by atoms with Gasteiger partial charge in [0.2, 0.25) is 0 Å². The number of unbranched alkanes of at least 4 members (excludes halogenated alkanes) is 1. The highest BCUT2D eigenvalue weighted by molar-refractivity contribution is 5.88. The SMILES string of the molecule is CCCCOc1ccccc1Oc1cc(C)cc2[nH]c(C#N)cc12. The van der Waals surface area contributed by atoms with Crippen LogP contribution in [0.2, 0.25) is 0 Å². The van der Waals surface area contributed by atoms with Crippen LogP contribution >= 0.6 is 0 Å². The number of ether oxygens (including phenoxy) is 2. The van der Waals surface area contributed by atoms with Gasteiger partial charge in [-0.2, -0.15) is 5.26 Å². The first kappa shape index (κ1) is 15.9. The molecule has 0 bridgehead atoms. The summed E-state index contributed by atoms with van der Waals surface area (Å²) >= 11 is 0. The summed E-state index contributed by atoms with van der Waals surface area (Å²) in [5.74, 6) is 2.13. The fraction of sp³-hybridized carbons (Fsp3) is 0.250. The lowest BCUT2D eigenvalue weighted by molar-refractivity contribution is 0.295. The molecule has 0 amide bonds. The van der Waals surface area contributed by atoms with Crippen LogP contribution in [0.4, 0.5) is 0 Å². The summed E-state index contributed by atoms with van der Waals surface area (Å²) in [5, 5.41) is 10.0. The third-order valence-corrected chi connectivity index (χ3v) is 3.79. The molecule has 0 aliphatic heterocycles. The summed E-state index contributed by atoms with van der Waals surface area (Å²) in [4.78, 5) is 3.10. The number of fused-ring (bicyclic) bond motifs is 1. The number of nitriles is 1. The molecule has 1 aromatic heterocycles. The van der Waals surface area contributed by atoms with Crippen LogP contribution in [0.5, 0.6) is 17.2 Å². The van der Waals surface area contributed by atoms with Crippen LogP contribution in [-0.4, -0.2) is 11.6 Å². The van der Waals surface area contributed by atoms with Gasteiger partial charge in [0.05, 0.1) is 12.1 Å². The second-order valence-corrected chi connectivity index (χ2v) is 5.77. The van der Waals surface area contributed by atoms with Gasteiger partial charge in [0.1, 0.15) is 17.5 Å². The van der Waals surface area contributed by atoms with Crippen LogP contribution in [-0.2, 0) is 0 Å².